The van der Waals surface area contributed by atoms with Crippen molar-refractivity contribution >= 4 is 17.5 Å². The second-order valence-corrected chi connectivity index (χ2v) is 9.02. The molecule has 3 heteroatoms. The molecule has 0 bridgehead atoms. The molecule has 26 heavy (non-hydrogen) atoms. The highest BCUT2D eigenvalue weighted by atomic mass is 35.5. The van der Waals surface area contributed by atoms with Crippen LogP contribution in [0.3, 0.4) is 0 Å². The number of halogens is 1. The van der Waals surface area contributed by atoms with Crippen molar-refractivity contribution in [2.24, 2.45) is 16.7 Å². The molecule has 0 radical (unpaired) electrons. The maximum Gasteiger partial charge on any atom is 0.254 e. The Balaban J connectivity index is 1.91. The topological polar surface area (TPSA) is 20.3 Å². The number of benzene rings is 2. The fourth-order valence-electron chi connectivity index (χ4n) is 4.57. The molecular formula is C23H28ClNO. The first-order valence-corrected chi connectivity index (χ1v) is 9.64. The van der Waals surface area contributed by atoms with Crippen molar-refractivity contribution in [2.75, 3.05) is 0 Å². The molecule has 1 amide bonds. The van der Waals surface area contributed by atoms with Gasteiger partial charge in [-0.15, -0.1) is 0 Å². The summed E-state index contributed by atoms with van der Waals surface area (Å²) in [5.74, 6) is 0.534. The van der Waals surface area contributed by atoms with Gasteiger partial charge in [0.25, 0.3) is 5.91 Å². The Labute approximate surface area is 162 Å². The second kappa shape index (κ2) is 6.74. The Bertz CT molecular complexity index is 766. The fourth-order valence-corrected chi connectivity index (χ4v) is 4.70. The van der Waals surface area contributed by atoms with Gasteiger partial charge in [0.05, 0.1) is 0 Å². The monoisotopic (exact) mass is 369 g/mol. The minimum atomic E-state index is 0.0662. The lowest BCUT2D eigenvalue weighted by molar-refractivity contribution is 0.0634. The van der Waals surface area contributed by atoms with Gasteiger partial charge in [-0.3, -0.25) is 4.79 Å². The van der Waals surface area contributed by atoms with Crippen LogP contribution in [-0.4, -0.2) is 16.8 Å². The lowest BCUT2D eigenvalue weighted by Gasteiger charge is -2.31. The molecule has 0 heterocycles. The Hall–Kier alpha value is -1.80. The molecule has 1 aliphatic carbocycles. The van der Waals surface area contributed by atoms with Crippen LogP contribution in [-0.2, 0) is 6.54 Å². The van der Waals surface area contributed by atoms with Crippen molar-refractivity contribution in [3.63, 3.8) is 0 Å². The average molecular weight is 370 g/mol. The molecule has 0 N–H and O–H groups in total. The lowest BCUT2D eigenvalue weighted by Crippen LogP contribution is -2.40. The molecule has 3 rings (SSSR count). The predicted octanol–water partition coefficient (Wildman–Crippen LogP) is 6.05. The highest BCUT2D eigenvalue weighted by Crippen LogP contribution is 2.70. The van der Waals surface area contributed by atoms with Gasteiger partial charge in [0.2, 0.25) is 0 Å². The van der Waals surface area contributed by atoms with E-state index in [1.807, 2.05) is 35.2 Å². The minimum absolute atomic E-state index is 0.0662. The number of hydrogen-bond acceptors (Lipinski definition) is 1. The Morgan fingerprint density at radius 2 is 1.54 bits per heavy atom. The standard InChI is InChI=1S/C23H28ClNO/c1-16(20-22(2,3)23(20,4)5)25(15-17-9-7-6-8-10-17)21(26)18-11-13-19(24)14-12-18/h6-14,16,20H,15H2,1-5H3. The summed E-state index contributed by atoms with van der Waals surface area (Å²) in [6, 6.07) is 17.6. The molecule has 1 aliphatic rings. The molecule has 1 atom stereocenters. The van der Waals surface area contributed by atoms with Gasteiger partial charge in [-0.05, 0) is 53.5 Å². The van der Waals surface area contributed by atoms with Crippen molar-refractivity contribution in [2.45, 2.75) is 47.2 Å². The van der Waals surface area contributed by atoms with E-state index in [-0.39, 0.29) is 22.8 Å². The number of carbonyl (C=O) groups is 1. The summed E-state index contributed by atoms with van der Waals surface area (Å²) in [6.45, 7) is 12.0. The Kier molecular flexibility index (Phi) is 4.92. The van der Waals surface area contributed by atoms with Gasteiger partial charge in [-0.1, -0.05) is 69.6 Å². The van der Waals surface area contributed by atoms with Crippen molar-refractivity contribution in [3.8, 4) is 0 Å². The number of hydrogen-bond donors (Lipinski definition) is 0. The normalized spacial score (nSPS) is 19.0. The molecule has 0 aromatic heterocycles. The van der Waals surface area contributed by atoms with Crippen LogP contribution in [0.25, 0.3) is 0 Å². The number of carbonyl (C=O) groups excluding carboxylic acids is 1. The first-order valence-electron chi connectivity index (χ1n) is 9.26. The van der Waals surface area contributed by atoms with Crippen LogP contribution in [0.5, 0.6) is 0 Å². The van der Waals surface area contributed by atoms with Crippen LogP contribution in [0.4, 0.5) is 0 Å². The van der Waals surface area contributed by atoms with Crippen molar-refractivity contribution in [1.29, 1.82) is 0 Å². The third-order valence-corrected chi connectivity index (χ3v) is 6.91. The molecule has 1 unspecified atom stereocenters. The maximum absolute atomic E-state index is 13.3. The van der Waals surface area contributed by atoms with Crippen molar-refractivity contribution in [3.05, 3.63) is 70.7 Å². The zero-order valence-corrected chi connectivity index (χ0v) is 17.0. The second-order valence-electron chi connectivity index (χ2n) is 8.59. The van der Waals surface area contributed by atoms with Crippen molar-refractivity contribution < 1.29 is 4.79 Å². The number of rotatable bonds is 5. The first kappa shape index (κ1) is 19.0. The molecule has 0 saturated heterocycles. The maximum atomic E-state index is 13.3. The third kappa shape index (κ3) is 3.27. The zero-order chi connectivity index (χ0) is 19.1. The van der Waals surface area contributed by atoms with Gasteiger partial charge in [-0.2, -0.15) is 0 Å². The van der Waals surface area contributed by atoms with Crippen LogP contribution < -0.4 is 0 Å². The van der Waals surface area contributed by atoms with E-state index in [0.717, 1.165) is 5.56 Å². The van der Waals surface area contributed by atoms with Crippen molar-refractivity contribution in [1.82, 2.24) is 4.90 Å². The molecule has 2 aromatic rings. The molecule has 138 valence electrons. The van der Waals surface area contributed by atoms with E-state index in [1.54, 1.807) is 12.1 Å². The molecule has 1 fully saturated rings. The highest BCUT2D eigenvalue weighted by Gasteiger charge is 2.67. The van der Waals surface area contributed by atoms with Crippen LogP contribution in [0, 0.1) is 16.7 Å². The summed E-state index contributed by atoms with van der Waals surface area (Å²) in [5.41, 5.74) is 2.29. The molecule has 1 saturated carbocycles. The van der Waals surface area contributed by atoms with E-state index in [4.69, 9.17) is 11.6 Å². The SMILES string of the molecule is CC(C1C(C)(C)C1(C)C)N(Cc1ccccc1)C(=O)c1ccc(Cl)cc1. The fraction of sp³-hybridized carbons (Fsp3) is 0.435. The quantitative estimate of drug-likeness (QED) is 0.627. The molecule has 2 aromatic carbocycles. The van der Waals surface area contributed by atoms with Gasteiger partial charge >= 0.3 is 0 Å². The summed E-state index contributed by atoms with van der Waals surface area (Å²) < 4.78 is 0. The molecule has 2 nitrogen and oxygen atoms in total. The van der Waals surface area contributed by atoms with E-state index in [1.165, 1.54) is 0 Å². The van der Waals surface area contributed by atoms with E-state index >= 15 is 0 Å². The van der Waals surface area contributed by atoms with Crippen LogP contribution >= 0.6 is 11.6 Å². The number of nitrogens with zero attached hydrogens (tertiary/aromatic N) is 1. The Morgan fingerprint density at radius 1 is 1.00 bits per heavy atom. The predicted molar refractivity (Wildman–Crippen MR) is 108 cm³/mol. The molecule has 0 spiro atoms. The van der Waals surface area contributed by atoms with E-state index in [9.17, 15) is 4.79 Å². The van der Waals surface area contributed by atoms with E-state index in [2.05, 4.69) is 46.8 Å². The van der Waals surface area contributed by atoms with Gasteiger partial charge in [0, 0.05) is 23.2 Å². The van der Waals surface area contributed by atoms with Gasteiger partial charge in [0.1, 0.15) is 0 Å². The van der Waals surface area contributed by atoms with Gasteiger partial charge < -0.3 is 4.90 Å². The number of amides is 1. The van der Waals surface area contributed by atoms with E-state index < -0.39 is 0 Å². The molecular weight excluding hydrogens is 342 g/mol. The van der Waals surface area contributed by atoms with Crippen LogP contribution in [0.15, 0.2) is 54.6 Å². The lowest BCUT2D eigenvalue weighted by atomic mass is 10.0. The largest absolute Gasteiger partial charge is 0.331 e. The zero-order valence-electron chi connectivity index (χ0n) is 16.3. The highest BCUT2D eigenvalue weighted by molar-refractivity contribution is 6.30. The van der Waals surface area contributed by atoms with Gasteiger partial charge in [0.15, 0.2) is 0 Å². The van der Waals surface area contributed by atoms with E-state index in [0.29, 0.717) is 23.0 Å². The van der Waals surface area contributed by atoms with Crippen LogP contribution in [0.1, 0.15) is 50.5 Å². The summed E-state index contributed by atoms with van der Waals surface area (Å²) in [5, 5.41) is 0.647. The summed E-state index contributed by atoms with van der Waals surface area (Å²) in [4.78, 5) is 15.4. The minimum Gasteiger partial charge on any atom is -0.331 e. The summed E-state index contributed by atoms with van der Waals surface area (Å²) >= 11 is 6.00. The summed E-state index contributed by atoms with van der Waals surface area (Å²) in [7, 11) is 0. The smallest absolute Gasteiger partial charge is 0.254 e. The Morgan fingerprint density at radius 3 is 2.04 bits per heavy atom. The van der Waals surface area contributed by atoms with Gasteiger partial charge in [-0.25, -0.2) is 0 Å². The van der Waals surface area contributed by atoms with Crippen LogP contribution in [0.2, 0.25) is 5.02 Å². The summed E-state index contributed by atoms with van der Waals surface area (Å²) in [6.07, 6.45) is 0. The third-order valence-electron chi connectivity index (χ3n) is 6.65. The first-order chi connectivity index (χ1) is 12.2. The average Bonchev–Trinajstić information content (AvgIpc) is 3.02. The molecule has 0 aliphatic heterocycles.